The Kier molecular flexibility index (Phi) is 7.61. The third-order valence-electron chi connectivity index (χ3n) is 3.82. The third kappa shape index (κ3) is 5.99. The van der Waals surface area contributed by atoms with Crippen LogP contribution in [-0.4, -0.2) is 47.0 Å². The molecule has 27 heavy (non-hydrogen) atoms. The van der Waals surface area contributed by atoms with Gasteiger partial charge in [-0.25, -0.2) is 0 Å². The number of rotatable bonds is 8. The lowest BCUT2D eigenvalue weighted by Gasteiger charge is -2.18. The summed E-state index contributed by atoms with van der Waals surface area (Å²) in [5, 5.41) is 6.46. The monoisotopic (exact) mass is 373 g/mol. The fourth-order valence-electron chi connectivity index (χ4n) is 2.40. The van der Waals surface area contributed by atoms with Crippen molar-refractivity contribution in [3.8, 4) is 23.0 Å². The second-order valence-electron chi connectivity index (χ2n) is 5.75. The van der Waals surface area contributed by atoms with Crippen molar-refractivity contribution >= 4 is 11.6 Å². The van der Waals surface area contributed by atoms with Crippen LogP contribution in [0, 0.1) is 0 Å². The quantitative estimate of drug-likeness (QED) is 0.547. The molecule has 2 N–H and O–H groups in total. The molecule has 146 valence electrons. The minimum absolute atomic E-state index is 0.0534. The summed E-state index contributed by atoms with van der Waals surface area (Å²) < 4.78 is 21.6. The molecule has 1 atom stereocenters. The van der Waals surface area contributed by atoms with Crippen molar-refractivity contribution in [2.24, 2.45) is 4.99 Å². The van der Waals surface area contributed by atoms with Gasteiger partial charge in [0.25, 0.3) is 0 Å². The highest BCUT2D eigenvalue weighted by Crippen LogP contribution is 2.29. The van der Waals surface area contributed by atoms with E-state index in [-0.39, 0.29) is 6.10 Å². The molecule has 7 nitrogen and oxygen atoms in total. The molecule has 7 heteroatoms. The van der Waals surface area contributed by atoms with Crippen molar-refractivity contribution in [1.29, 1.82) is 0 Å². The number of nitrogens with one attached hydrogen (secondary N) is 2. The van der Waals surface area contributed by atoms with Gasteiger partial charge >= 0.3 is 0 Å². The van der Waals surface area contributed by atoms with Crippen LogP contribution in [0.2, 0.25) is 0 Å². The highest BCUT2D eigenvalue weighted by atomic mass is 16.5. The predicted octanol–water partition coefficient (Wildman–Crippen LogP) is 3.17. The van der Waals surface area contributed by atoms with Crippen LogP contribution in [0.15, 0.2) is 47.5 Å². The molecule has 0 spiro atoms. The number of anilines is 1. The molecule has 0 amide bonds. The predicted molar refractivity (Wildman–Crippen MR) is 108 cm³/mol. The van der Waals surface area contributed by atoms with Gasteiger partial charge in [0, 0.05) is 18.8 Å². The molecule has 1 unspecified atom stereocenters. The van der Waals surface area contributed by atoms with E-state index >= 15 is 0 Å². The Hall–Kier alpha value is -3.09. The van der Waals surface area contributed by atoms with Crippen LogP contribution in [0.25, 0.3) is 0 Å². The van der Waals surface area contributed by atoms with E-state index in [9.17, 15) is 0 Å². The van der Waals surface area contributed by atoms with Crippen LogP contribution in [0.5, 0.6) is 23.0 Å². The number of hydrogen-bond acceptors (Lipinski definition) is 5. The largest absolute Gasteiger partial charge is 0.497 e. The fourth-order valence-corrected chi connectivity index (χ4v) is 2.40. The van der Waals surface area contributed by atoms with E-state index in [0.29, 0.717) is 24.0 Å². The van der Waals surface area contributed by atoms with Gasteiger partial charge in [-0.2, -0.15) is 0 Å². The van der Waals surface area contributed by atoms with E-state index in [1.54, 1.807) is 28.4 Å². The van der Waals surface area contributed by atoms with Gasteiger partial charge in [-0.3, -0.25) is 4.99 Å². The molecule has 0 aromatic heterocycles. The number of nitrogens with zero attached hydrogens (tertiary/aromatic N) is 1. The molecule has 0 heterocycles. The lowest BCUT2D eigenvalue weighted by Crippen LogP contribution is -2.37. The molecule has 2 aromatic rings. The number of guanidine groups is 1. The first-order valence-electron chi connectivity index (χ1n) is 8.60. The van der Waals surface area contributed by atoms with Crippen molar-refractivity contribution < 1.29 is 18.9 Å². The number of benzene rings is 2. The zero-order valence-electron chi connectivity index (χ0n) is 16.4. The summed E-state index contributed by atoms with van der Waals surface area (Å²) >= 11 is 0. The lowest BCUT2D eigenvalue weighted by molar-refractivity contribution is 0.224. The molecule has 2 aromatic carbocycles. The van der Waals surface area contributed by atoms with Crippen molar-refractivity contribution in [1.82, 2.24) is 5.32 Å². The van der Waals surface area contributed by atoms with Gasteiger partial charge in [0.05, 0.1) is 27.9 Å². The first-order valence-corrected chi connectivity index (χ1v) is 8.60. The molecule has 0 radical (unpaired) electrons. The standard InChI is InChI=1S/C20H27N3O4/c1-14(27-17-9-7-16(24-3)8-10-17)13-22-20(21-2)23-15-6-11-18(25-4)19(12-15)26-5/h6-12,14H,13H2,1-5H3,(H2,21,22,23). The zero-order chi connectivity index (χ0) is 19.6. The number of ether oxygens (including phenoxy) is 4. The Bertz CT molecular complexity index is 747. The minimum atomic E-state index is -0.0534. The molecule has 0 aliphatic heterocycles. The summed E-state index contributed by atoms with van der Waals surface area (Å²) in [6.45, 7) is 2.57. The van der Waals surface area contributed by atoms with E-state index in [0.717, 1.165) is 17.2 Å². The summed E-state index contributed by atoms with van der Waals surface area (Å²) in [4.78, 5) is 4.23. The second-order valence-corrected chi connectivity index (χ2v) is 5.75. The Balaban J connectivity index is 1.89. The second kappa shape index (κ2) is 10.2. The van der Waals surface area contributed by atoms with Gasteiger partial charge in [0.1, 0.15) is 17.6 Å². The summed E-state index contributed by atoms with van der Waals surface area (Å²) in [7, 11) is 6.56. The maximum atomic E-state index is 5.89. The maximum Gasteiger partial charge on any atom is 0.195 e. The normalized spacial score (nSPS) is 12.1. The van der Waals surface area contributed by atoms with Crippen molar-refractivity contribution in [2.75, 3.05) is 40.2 Å². The Labute approximate surface area is 160 Å². The number of hydrogen-bond donors (Lipinski definition) is 2. The number of aliphatic imine (C=N–C) groups is 1. The van der Waals surface area contributed by atoms with Gasteiger partial charge < -0.3 is 29.6 Å². The summed E-state index contributed by atoms with van der Waals surface area (Å²) in [5.41, 5.74) is 0.837. The average molecular weight is 373 g/mol. The first-order chi connectivity index (χ1) is 13.1. The van der Waals surface area contributed by atoms with Gasteiger partial charge in [0.2, 0.25) is 0 Å². The summed E-state index contributed by atoms with van der Waals surface area (Å²) in [6, 6.07) is 13.1. The lowest BCUT2D eigenvalue weighted by atomic mass is 10.2. The molecule has 0 saturated heterocycles. The Morgan fingerprint density at radius 3 is 2.19 bits per heavy atom. The van der Waals surface area contributed by atoms with Crippen LogP contribution in [-0.2, 0) is 0 Å². The van der Waals surface area contributed by atoms with Gasteiger partial charge in [-0.05, 0) is 43.3 Å². The highest BCUT2D eigenvalue weighted by molar-refractivity contribution is 5.93. The van der Waals surface area contributed by atoms with Crippen molar-refractivity contribution in [2.45, 2.75) is 13.0 Å². The molecule has 2 rings (SSSR count). The Morgan fingerprint density at radius 2 is 1.59 bits per heavy atom. The molecule has 0 bridgehead atoms. The topological polar surface area (TPSA) is 73.3 Å². The van der Waals surface area contributed by atoms with E-state index in [1.807, 2.05) is 49.4 Å². The number of methoxy groups -OCH3 is 3. The third-order valence-corrected chi connectivity index (χ3v) is 3.82. The zero-order valence-corrected chi connectivity index (χ0v) is 16.4. The van der Waals surface area contributed by atoms with Crippen LogP contribution in [0.4, 0.5) is 5.69 Å². The molecular weight excluding hydrogens is 346 g/mol. The van der Waals surface area contributed by atoms with Gasteiger partial charge in [0.15, 0.2) is 17.5 Å². The minimum Gasteiger partial charge on any atom is -0.497 e. The molecule has 0 aliphatic carbocycles. The van der Waals surface area contributed by atoms with E-state index < -0.39 is 0 Å². The van der Waals surface area contributed by atoms with Crippen LogP contribution in [0.3, 0.4) is 0 Å². The SMILES string of the molecule is CN=C(NCC(C)Oc1ccc(OC)cc1)Nc1ccc(OC)c(OC)c1. The molecule has 0 aliphatic rings. The van der Waals surface area contributed by atoms with Crippen molar-refractivity contribution in [3.63, 3.8) is 0 Å². The van der Waals surface area contributed by atoms with Crippen LogP contribution >= 0.6 is 0 Å². The highest BCUT2D eigenvalue weighted by Gasteiger charge is 2.08. The van der Waals surface area contributed by atoms with Crippen LogP contribution in [0.1, 0.15) is 6.92 Å². The van der Waals surface area contributed by atoms with E-state index in [2.05, 4.69) is 15.6 Å². The van der Waals surface area contributed by atoms with Crippen molar-refractivity contribution in [3.05, 3.63) is 42.5 Å². The Morgan fingerprint density at radius 1 is 0.926 bits per heavy atom. The smallest absolute Gasteiger partial charge is 0.195 e. The summed E-state index contributed by atoms with van der Waals surface area (Å²) in [5.74, 6) is 3.54. The average Bonchev–Trinajstić information content (AvgIpc) is 2.71. The first kappa shape index (κ1) is 20.2. The van der Waals surface area contributed by atoms with Gasteiger partial charge in [-0.1, -0.05) is 0 Å². The fraction of sp³-hybridized carbons (Fsp3) is 0.350. The maximum absolute atomic E-state index is 5.89. The molecule has 0 saturated carbocycles. The summed E-state index contributed by atoms with van der Waals surface area (Å²) in [6.07, 6.45) is -0.0534. The van der Waals surface area contributed by atoms with Gasteiger partial charge in [-0.15, -0.1) is 0 Å². The molecule has 0 fully saturated rings. The molecular formula is C20H27N3O4. The van der Waals surface area contributed by atoms with Crippen LogP contribution < -0.4 is 29.6 Å². The van der Waals surface area contributed by atoms with E-state index in [4.69, 9.17) is 18.9 Å². The van der Waals surface area contributed by atoms with E-state index in [1.165, 1.54) is 0 Å².